The van der Waals surface area contributed by atoms with Gasteiger partial charge in [0.25, 0.3) is 0 Å². The molecule has 1 aliphatic carbocycles. The van der Waals surface area contributed by atoms with E-state index in [0.29, 0.717) is 5.75 Å². The molecule has 3 N–H and O–H groups in total. The highest BCUT2D eigenvalue weighted by atomic mass is 16.3. The lowest BCUT2D eigenvalue weighted by molar-refractivity contribution is 0.474. The molecule has 0 saturated carbocycles. The first kappa shape index (κ1) is 6.68. The number of phenolic OH excluding ortho intramolecular Hbond substituents is 1. The molecule has 2 nitrogen and oxygen atoms in total. The van der Waals surface area contributed by atoms with Gasteiger partial charge >= 0.3 is 0 Å². The molecule has 1 atom stereocenters. The Morgan fingerprint density at radius 3 is 2.82 bits per heavy atom. The molecular formula is C9H11NO. The lowest BCUT2D eigenvalue weighted by atomic mass is 10.1. The molecule has 0 unspecified atom stereocenters. The molecule has 0 aliphatic heterocycles. The summed E-state index contributed by atoms with van der Waals surface area (Å²) in [4.78, 5) is 0. The molecule has 0 aromatic heterocycles. The van der Waals surface area contributed by atoms with E-state index >= 15 is 0 Å². The zero-order chi connectivity index (χ0) is 7.84. The molecule has 11 heavy (non-hydrogen) atoms. The number of hydrogen-bond acceptors (Lipinski definition) is 2. The average molecular weight is 149 g/mol. The van der Waals surface area contributed by atoms with Crippen molar-refractivity contribution in [2.45, 2.75) is 18.9 Å². The molecule has 1 aromatic carbocycles. The van der Waals surface area contributed by atoms with Gasteiger partial charge in [-0.05, 0) is 36.1 Å². The van der Waals surface area contributed by atoms with Crippen molar-refractivity contribution in [1.82, 2.24) is 0 Å². The van der Waals surface area contributed by atoms with Crippen LogP contribution in [0.1, 0.15) is 11.1 Å². The number of benzene rings is 1. The maximum Gasteiger partial charge on any atom is 0.115 e. The Bertz CT molecular complexity index is 283. The number of hydrogen-bond donors (Lipinski definition) is 2. The van der Waals surface area contributed by atoms with Gasteiger partial charge in [0, 0.05) is 6.04 Å². The van der Waals surface area contributed by atoms with Crippen LogP contribution in [0.15, 0.2) is 18.2 Å². The minimum absolute atomic E-state index is 0.256. The van der Waals surface area contributed by atoms with Gasteiger partial charge in [-0.2, -0.15) is 0 Å². The Kier molecular flexibility index (Phi) is 1.36. The van der Waals surface area contributed by atoms with Crippen LogP contribution in [0.4, 0.5) is 0 Å². The zero-order valence-corrected chi connectivity index (χ0v) is 6.25. The molecule has 0 spiro atoms. The molecule has 2 heteroatoms. The lowest BCUT2D eigenvalue weighted by Gasteiger charge is -1.97. The van der Waals surface area contributed by atoms with Crippen LogP contribution >= 0.6 is 0 Å². The second-order valence-corrected chi connectivity index (χ2v) is 3.12. The van der Waals surface area contributed by atoms with E-state index in [1.54, 1.807) is 6.07 Å². The first-order chi connectivity index (χ1) is 5.25. The molecule has 2 rings (SSSR count). The molecular weight excluding hydrogens is 138 g/mol. The highest BCUT2D eigenvalue weighted by Gasteiger charge is 2.17. The van der Waals surface area contributed by atoms with E-state index in [-0.39, 0.29) is 6.04 Å². The van der Waals surface area contributed by atoms with Crippen molar-refractivity contribution in [3.63, 3.8) is 0 Å². The number of aromatic hydroxyl groups is 1. The molecule has 0 heterocycles. The zero-order valence-electron chi connectivity index (χ0n) is 6.25. The number of fused-ring (bicyclic) bond motifs is 1. The summed E-state index contributed by atoms with van der Waals surface area (Å²) in [7, 11) is 0. The largest absolute Gasteiger partial charge is 0.508 e. The molecule has 0 amide bonds. The molecule has 1 aromatic rings. The second-order valence-electron chi connectivity index (χ2n) is 3.12. The van der Waals surface area contributed by atoms with Crippen LogP contribution in [-0.2, 0) is 12.8 Å². The summed E-state index contributed by atoms with van der Waals surface area (Å²) in [6.45, 7) is 0. The van der Waals surface area contributed by atoms with Gasteiger partial charge in [0.15, 0.2) is 0 Å². The fourth-order valence-corrected chi connectivity index (χ4v) is 1.64. The van der Waals surface area contributed by atoms with Crippen LogP contribution in [0.2, 0.25) is 0 Å². The third kappa shape index (κ3) is 1.10. The summed E-state index contributed by atoms with van der Waals surface area (Å²) in [5.41, 5.74) is 8.25. The first-order valence-electron chi connectivity index (χ1n) is 3.82. The Morgan fingerprint density at radius 1 is 1.27 bits per heavy atom. The lowest BCUT2D eigenvalue weighted by Crippen LogP contribution is -2.18. The van der Waals surface area contributed by atoms with Crippen molar-refractivity contribution in [3.8, 4) is 5.75 Å². The Hall–Kier alpha value is -1.02. The van der Waals surface area contributed by atoms with Crippen LogP contribution in [0.5, 0.6) is 5.75 Å². The molecule has 0 fully saturated rings. The van der Waals surface area contributed by atoms with Crippen molar-refractivity contribution in [3.05, 3.63) is 29.3 Å². The normalized spacial score (nSPS) is 21.7. The topological polar surface area (TPSA) is 46.2 Å². The van der Waals surface area contributed by atoms with Crippen molar-refractivity contribution in [2.75, 3.05) is 0 Å². The minimum Gasteiger partial charge on any atom is -0.508 e. The quantitative estimate of drug-likeness (QED) is 0.573. The molecule has 0 saturated heterocycles. The van der Waals surface area contributed by atoms with Gasteiger partial charge in [-0.25, -0.2) is 0 Å². The van der Waals surface area contributed by atoms with E-state index in [2.05, 4.69) is 0 Å². The maximum absolute atomic E-state index is 9.14. The second kappa shape index (κ2) is 2.24. The molecule has 1 aliphatic rings. The van der Waals surface area contributed by atoms with Gasteiger partial charge in [-0.15, -0.1) is 0 Å². The summed E-state index contributed by atoms with van der Waals surface area (Å²) in [6, 6.07) is 5.74. The van der Waals surface area contributed by atoms with E-state index in [0.717, 1.165) is 12.8 Å². The van der Waals surface area contributed by atoms with Gasteiger partial charge in [-0.1, -0.05) is 6.07 Å². The van der Waals surface area contributed by atoms with E-state index in [4.69, 9.17) is 10.8 Å². The smallest absolute Gasteiger partial charge is 0.115 e. The summed E-state index contributed by atoms with van der Waals surface area (Å²) in [5.74, 6) is 0.345. The van der Waals surface area contributed by atoms with Gasteiger partial charge in [-0.3, -0.25) is 0 Å². The summed E-state index contributed by atoms with van der Waals surface area (Å²) in [6.07, 6.45) is 1.86. The Labute approximate surface area is 65.7 Å². The van der Waals surface area contributed by atoms with Crippen LogP contribution < -0.4 is 5.73 Å². The SMILES string of the molecule is N[C@H]1Cc2ccc(O)cc2C1. The van der Waals surface area contributed by atoms with Crippen molar-refractivity contribution in [1.29, 1.82) is 0 Å². The minimum atomic E-state index is 0.256. The molecule has 0 bridgehead atoms. The fraction of sp³-hybridized carbons (Fsp3) is 0.333. The summed E-state index contributed by atoms with van der Waals surface area (Å²) in [5, 5.41) is 9.14. The first-order valence-corrected chi connectivity index (χ1v) is 3.82. The standard InChI is InChI=1S/C9H11NO/c10-8-3-6-1-2-9(11)5-7(6)4-8/h1-2,5,8,11H,3-4,10H2/t8-/m0/s1. The van der Waals surface area contributed by atoms with E-state index in [1.807, 2.05) is 12.1 Å². The van der Waals surface area contributed by atoms with Crippen molar-refractivity contribution in [2.24, 2.45) is 5.73 Å². The predicted molar refractivity (Wildman–Crippen MR) is 43.5 cm³/mol. The van der Waals surface area contributed by atoms with E-state index in [9.17, 15) is 0 Å². The highest BCUT2D eigenvalue weighted by molar-refractivity contribution is 5.39. The van der Waals surface area contributed by atoms with Gasteiger partial charge in [0.2, 0.25) is 0 Å². The van der Waals surface area contributed by atoms with Gasteiger partial charge < -0.3 is 10.8 Å². The number of rotatable bonds is 0. The maximum atomic E-state index is 9.14. The van der Waals surface area contributed by atoms with Gasteiger partial charge in [0.05, 0.1) is 0 Å². The average Bonchev–Trinajstić information content (AvgIpc) is 2.27. The van der Waals surface area contributed by atoms with Crippen LogP contribution in [0, 0.1) is 0 Å². The monoisotopic (exact) mass is 149 g/mol. The summed E-state index contributed by atoms with van der Waals surface area (Å²) < 4.78 is 0. The number of phenols is 1. The third-order valence-electron chi connectivity index (χ3n) is 2.15. The molecule has 58 valence electrons. The van der Waals surface area contributed by atoms with Crippen LogP contribution in [0.25, 0.3) is 0 Å². The van der Waals surface area contributed by atoms with Crippen molar-refractivity contribution < 1.29 is 5.11 Å². The highest BCUT2D eigenvalue weighted by Crippen LogP contribution is 2.24. The number of nitrogens with two attached hydrogens (primary N) is 1. The summed E-state index contributed by atoms with van der Waals surface area (Å²) >= 11 is 0. The Morgan fingerprint density at radius 2 is 2.00 bits per heavy atom. The van der Waals surface area contributed by atoms with Crippen LogP contribution in [0.3, 0.4) is 0 Å². The Balaban J connectivity index is 2.43. The van der Waals surface area contributed by atoms with Gasteiger partial charge in [0.1, 0.15) is 5.75 Å². The third-order valence-corrected chi connectivity index (χ3v) is 2.15. The van der Waals surface area contributed by atoms with Crippen LogP contribution in [-0.4, -0.2) is 11.1 Å². The predicted octanol–water partition coefficient (Wildman–Crippen LogP) is 0.818. The van der Waals surface area contributed by atoms with E-state index in [1.165, 1.54) is 11.1 Å². The van der Waals surface area contributed by atoms with E-state index < -0.39 is 0 Å². The van der Waals surface area contributed by atoms with Crippen molar-refractivity contribution >= 4 is 0 Å². The molecule has 0 radical (unpaired) electrons. The fourth-order valence-electron chi connectivity index (χ4n) is 1.64.